The smallest absolute Gasteiger partial charge is 0.379 e. The van der Waals surface area contributed by atoms with Gasteiger partial charge in [-0.1, -0.05) is 24.3 Å². The average molecular weight is 371 g/mol. The van der Waals surface area contributed by atoms with Gasteiger partial charge in [0.15, 0.2) is 5.78 Å². The van der Waals surface area contributed by atoms with Crippen molar-refractivity contribution < 1.29 is 27.7 Å². The molecule has 0 bridgehead atoms. The van der Waals surface area contributed by atoms with Crippen LogP contribution < -0.4 is 0 Å². The summed E-state index contributed by atoms with van der Waals surface area (Å²) in [5.74, 6) is 0.0279. The summed E-state index contributed by atoms with van der Waals surface area (Å²) >= 11 is 0. The van der Waals surface area contributed by atoms with Gasteiger partial charge in [-0.3, -0.25) is 23.3 Å². The number of nitrogens with zero attached hydrogens (tertiary/aromatic N) is 1. The molecule has 1 aliphatic rings. The van der Waals surface area contributed by atoms with Crippen LogP contribution in [0.15, 0.2) is 24.3 Å². The third-order valence-corrected chi connectivity index (χ3v) is 5.29. The van der Waals surface area contributed by atoms with E-state index < -0.39 is 7.82 Å². The molecule has 2 rings (SSSR count). The van der Waals surface area contributed by atoms with Gasteiger partial charge in [0.05, 0.1) is 26.4 Å². The van der Waals surface area contributed by atoms with Gasteiger partial charge < -0.3 is 4.74 Å². The van der Waals surface area contributed by atoms with Crippen LogP contribution >= 0.6 is 7.82 Å². The third kappa shape index (κ3) is 6.98. The van der Waals surface area contributed by atoms with Crippen molar-refractivity contribution >= 4 is 13.6 Å². The highest BCUT2D eigenvalue weighted by Crippen LogP contribution is 2.49. The second kappa shape index (κ2) is 10.2. The second-order valence-electron chi connectivity index (χ2n) is 5.69. The molecule has 0 saturated carbocycles. The topological polar surface area (TPSA) is 74.3 Å². The number of Topliss-reactive ketones (excluding diaryl/α,β-unsaturated/α-hetero) is 1. The Morgan fingerprint density at radius 1 is 1.16 bits per heavy atom. The minimum Gasteiger partial charge on any atom is -0.379 e. The lowest BCUT2D eigenvalue weighted by Gasteiger charge is -2.27. The van der Waals surface area contributed by atoms with E-state index in [2.05, 4.69) is 0 Å². The number of ether oxygens (including phenoxy) is 1. The number of morpholine rings is 1. The second-order valence-corrected chi connectivity index (χ2v) is 7.36. The molecule has 7 nitrogen and oxygen atoms in total. The van der Waals surface area contributed by atoms with E-state index in [0.717, 1.165) is 18.7 Å². The maximum atomic E-state index is 12.6. The van der Waals surface area contributed by atoms with E-state index in [4.69, 9.17) is 18.3 Å². The van der Waals surface area contributed by atoms with E-state index in [1.807, 2.05) is 17.0 Å². The molecule has 1 saturated heterocycles. The fourth-order valence-electron chi connectivity index (χ4n) is 2.33. The van der Waals surface area contributed by atoms with Gasteiger partial charge in [0.2, 0.25) is 0 Å². The predicted molar refractivity (Wildman–Crippen MR) is 93.7 cm³/mol. The van der Waals surface area contributed by atoms with Crippen LogP contribution in [0, 0.1) is 0 Å². The number of ketones is 1. The number of hydrogen-bond acceptors (Lipinski definition) is 7. The Morgan fingerprint density at radius 3 is 2.44 bits per heavy atom. The Labute approximate surface area is 148 Å². The molecule has 1 aromatic carbocycles. The zero-order chi connectivity index (χ0) is 18.1. The van der Waals surface area contributed by atoms with Gasteiger partial charge in [0, 0.05) is 18.7 Å². The Morgan fingerprint density at radius 2 is 1.84 bits per heavy atom. The first-order valence-electron chi connectivity index (χ1n) is 8.46. The van der Waals surface area contributed by atoms with Gasteiger partial charge in [-0.15, -0.1) is 0 Å². The fourth-order valence-corrected chi connectivity index (χ4v) is 3.49. The summed E-state index contributed by atoms with van der Waals surface area (Å²) in [6, 6.07) is 7.27. The SMILES string of the molecule is CCOP(=O)(OCCc1ccc(C(C)=O)cc1)OCN1CCOCC1. The standard InChI is InChI=1S/C17H26NO6P/c1-3-22-25(20,24-14-18-9-12-21-13-10-18)23-11-8-16-4-6-17(7-5-16)15(2)19/h4-7H,3,8-14H2,1-2H3. The lowest BCUT2D eigenvalue weighted by Crippen LogP contribution is -2.37. The van der Waals surface area contributed by atoms with Gasteiger partial charge in [0.1, 0.15) is 6.73 Å². The number of benzene rings is 1. The third-order valence-electron chi connectivity index (χ3n) is 3.79. The van der Waals surface area contributed by atoms with Gasteiger partial charge in [-0.2, -0.15) is 0 Å². The van der Waals surface area contributed by atoms with Crippen molar-refractivity contribution in [3.05, 3.63) is 35.4 Å². The summed E-state index contributed by atoms with van der Waals surface area (Å²) in [4.78, 5) is 13.3. The molecule has 1 atom stereocenters. The first-order chi connectivity index (χ1) is 12.0. The number of phosphoric acid groups is 1. The Bertz CT molecular complexity index is 585. The summed E-state index contributed by atoms with van der Waals surface area (Å²) in [5, 5.41) is 0. The highest BCUT2D eigenvalue weighted by Gasteiger charge is 2.27. The highest BCUT2D eigenvalue weighted by molar-refractivity contribution is 7.48. The lowest BCUT2D eigenvalue weighted by molar-refractivity contribution is -0.00961. The first kappa shape index (κ1) is 20.2. The number of carbonyl (C=O) groups excluding carboxylic acids is 1. The molecule has 0 amide bonds. The van der Waals surface area contributed by atoms with Crippen molar-refractivity contribution in [1.29, 1.82) is 0 Å². The molecular formula is C17H26NO6P. The maximum Gasteiger partial charge on any atom is 0.476 e. The molecule has 0 spiro atoms. The molecule has 0 N–H and O–H groups in total. The van der Waals surface area contributed by atoms with Gasteiger partial charge >= 0.3 is 7.82 Å². The molecule has 1 unspecified atom stereocenters. The van der Waals surface area contributed by atoms with Crippen LogP contribution in [-0.2, 0) is 29.3 Å². The molecule has 0 aromatic heterocycles. The van der Waals surface area contributed by atoms with Crippen LogP contribution in [0.5, 0.6) is 0 Å². The monoisotopic (exact) mass is 371 g/mol. The largest absolute Gasteiger partial charge is 0.476 e. The maximum absolute atomic E-state index is 12.6. The van der Waals surface area contributed by atoms with Crippen LogP contribution in [0.4, 0.5) is 0 Å². The van der Waals surface area contributed by atoms with Gasteiger partial charge in [-0.25, -0.2) is 4.57 Å². The van der Waals surface area contributed by atoms with Crippen LogP contribution in [0.3, 0.4) is 0 Å². The normalized spacial score (nSPS) is 18.0. The van der Waals surface area contributed by atoms with E-state index in [1.54, 1.807) is 19.1 Å². The van der Waals surface area contributed by atoms with Crippen molar-refractivity contribution in [2.45, 2.75) is 20.3 Å². The minimum absolute atomic E-state index is 0.0279. The molecular weight excluding hydrogens is 345 g/mol. The molecule has 140 valence electrons. The predicted octanol–water partition coefficient (Wildman–Crippen LogP) is 2.90. The summed E-state index contributed by atoms with van der Waals surface area (Å²) in [6.45, 7) is 6.65. The molecule has 1 aromatic rings. The molecule has 8 heteroatoms. The van der Waals surface area contributed by atoms with Crippen molar-refractivity contribution in [3.8, 4) is 0 Å². The van der Waals surface area contributed by atoms with Gasteiger partial charge in [-0.05, 0) is 25.8 Å². The highest BCUT2D eigenvalue weighted by atomic mass is 31.2. The molecule has 0 radical (unpaired) electrons. The van der Waals surface area contributed by atoms with Crippen LogP contribution in [0.1, 0.15) is 29.8 Å². The summed E-state index contributed by atoms with van der Waals surface area (Å²) in [7, 11) is -3.58. The summed E-state index contributed by atoms with van der Waals surface area (Å²) in [6.07, 6.45) is 0.552. The lowest BCUT2D eigenvalue weighted by atomic mass is 10.1. The van der Waals surface area contributed by atoms with Crippen molar-refractivity contribution in [3.63, 3.8) is 0 Å². The van der Waals surface area contributed by atoms with Crippen molar-refractivity contribution in [2.75, 3.05) is 46.2 Å². The van der Waals surface area contributed by atoms with Crippen LogP contribution in [0.25, 0.3) is 0 Å². The van der Waals surface area contributed by atoms with E-state index in [1.165, 1.54) is 6.92 Å². The molecule has 1 aliphatic heterocycles. The average Bonchev–Trinajstić information content (AvgIpc) is 2.62. The van der Waals surface area contributed by atoms with Crippen molar-refractivity contribution in [1.82, 2.24) is 4.90 Å². The summed E-state index contributed by atoms with van der Waals surface area (Å²) in [5.41, 5.74) is 1.65. The Kier molecular flexibility index (Phi) is 8.22. The van der Waals surface area contributed by atoms with Crippen LogP contribution in [0.2, 0.25) is 0 Å². The molecule has 1 fully saturated rings. The Balaban J connectivity index is 1.80. The minimum atomic E-state index is -3.58. The molecule has 25 heavy (non-hydrogen) atoms. The number of rotatable bonds is 10. The van der Waals surface area contributed by atoms with E-state index in [-0.39, 0.29) is 25.7 Å². The summed E-state index contributed by atoms with van der Waals surface area (Å²) < 4.78 is 34.0. The molecule has 1 heterocycles. The fraction of sp³-hybridized carbons (Fsp3) is 0.588. The first-order valence-corrected chi connectivity index (χ1v) is 9.92. The number of carbonyl (C=O) groups is 1. The van der Waals surface area contributed by atoms with E-state index in [0.29, 0.717) is 25.2 Å². The zero-order valence-corrected chi connectivity index (χ0v) is 15.7. The number of phosphoric ester groups is 1. The zero-order valence-electron chi connectivity index (χ0n) is 14.8. The van der Waals surface area contributed by atoms with E-state index in [9.17, 15) is 9.36 Å². The Hall–Kier alpha value is -1.08. The van der Waals surface area contributed by atoms with Crippen molar-refractivity contribution in [2.24, 2.45) is 0 Å². The number of hydrogen-bond donors (Lipinski definition) is 0. The van der Waals surface area contributed by atoms with Gasteiger partial charge in [0.25, 0.3) is 0 Å². The molecule has 0 aliphatic carbocycles. The van der Waals surface area contributed by atoms with E-state index >= 15 is 0 Å². The van der Waals surface area contributed by atoms with Crippen LogP contribution in [-0.4, -0.2) is 56.9 Å². The quantitative estimate of drug-likeness (QED) is 0.462.